The van der Waals surface area contributed by atoms with Crippen LogP contribution in [0, 0.1) is 13.8 Å². The van der Waals surface area contributed by atoms with Crippen LogP contribution in [0.25, 0.3) is 0 Å². The van der Waals surface area contributed by atoms with Gasteiger partial charge in [-0.15, -0.1) is 0 Å². The number of hydrogen-bond acceptors (Lipinski definition) is 2. The second-order valence-electron chi connectivity index (χ2n) is 5.94. The van der Waals surface area contributed by atoms with Crippen molar-refractivity contribution in [2.45, 2.75) is 34.1 Å². The third kappa shape index (κ3) is 4.22. The van der Waals surface area contributed by atoms with Gasteiger partial charge in [0.2, 0.25) is 11.8 Å². The molecule has 4 nitrogen and oxygen atoms in total. The van der Waals surface area contributed by atoms with Gasteiger partial charge in [-0.2, -0.15) is 0 Å². The largest absolute Gasteiger partial charge is 0.324 e. The number of benzene rings is 2. The number of amides is 2. The first-order valence-electron chi connectivity index (χ1n) is 8.15. The predicted molar refractivity (Wildman–Crippen MR) is 98.4 cm³/mol. The summed E-state index contributed by atoms with van der Waals surface area (Å²) in [5, 5.41) is 2.92. The number of rotatable bonds is 5. The van der Waals surface area contributed by atoms with Gasteiger partial charge in [-0.1, -0.05) is 37.3 Å². The highest BCUT2D eigenvalue weighted by Crippen LogP contribution is 2.20. The van der Waals surface area contributed by atoms with E-state index in [2.05, 4.69) is 12.2 Å². The van der Waals surface area contributed by atoms with E-state index in [4.69, 9.17) is 0 Å². The predicted octanol–water partition coefficient (Wildman–Crippen LogP) is 3.86. The zero-order chi connectivity index (χ0) is 17.7. The van der Waals surface area contributed by atoms with Crippen LogP contribution in [0.2, 0.25) is 0 Å². The van der Waals surface area contributed by atoms with Crippen molar-refractivity contribution in [2.75, 3.05) is 16.8 Å². The summed E-state index contributed by atoms with van der Waals surface area (Å²) in [6, 6.07) is 13.6. The molecule has 0 aliphatic carbocycles. The summed E-state index contributed by atoms with van der Waals surface area (Å²) < 4.78 is 0. The number of nitrogens with one attached hydrogen (secondary N) is 1. The topological polar surface area (TPSA) is 49.4 Å². The molecule has 0 heterocycles. The van der Waals surface area contributed by atoms with Crippen LogP contribution in [-0.2, 0) is 16.0 Å². The van der Waals surface area contributed by atoms with E-state index in [1.165, 1.54) is 17.4 Å². The Balaban J connectivity index is 2.15. The molecule has 0 unspecified atom stereocenters. The Bertz CT molecular complexity index is 716. The number of hydrogen-bond donors (Lipinski definition) is 1. The molecule has 24 heavy (non-hydrogen) atoms. The molecule has 0 fully saturated rings. The van der Waals surface area contributed by atoms with E-state index in [1.54, 1.807) is 0 Å². The van der Waals surface area contributed by atoms with Crippen molar-refractivity contribution in [2.24, 2.45) is 0 Å². The van der Waals surface area contributed by atoms with Crippen molar-refractivity contribution in [3.63, 3.8) is 0 Å². The average Bonchev–Trinajstić information content (AvgIpc) is 2.56. The van der Waals surface area contributed by atoms with Crippen LogP contribution in [0.3, 0.4) is 0 Å². The van der Waals surface area contributed by atoms with E-state index >= 15 is 0 Å². The van der Waals surface area contributed by atoms with Crippen molar-refractivity contribution < 1.29 is 9.59 Å². The van der Waals surface area contributed by atoms with Crippen LogP contribution in [0.4, 0.5) is 11.4 Å². The first kappa shape index (κ1) is 17.7. The van der Waals surface area contributed by atoms with E-state index < -0.39 is 0 Å². The number of carbonyl (C=O) groups excluding carboxylic acids is 2. The van der Waals surface area contributed by atoms with E-state index in [0.717, 1.165) is 28.9 Å². The number of anilines is 2. The Kier molecular flexibility index (Phi) is 5.74. The maximum absolute atomic E-state index is 12.4. The molecule has 0 aliphatic heterocycles. The first-order chi connectivity index (χ1) is 11.4. The van der Waals surface area contributed by atoms with E-state index in [9.17, 15) is 9.59 Å². The normalized spacial score (nSPS) is 10.3. The highest BCUT2D eigenvalue weighted by atomic mass is 16.2. The van der Waals surface area contributed by atoms with Crippen LogP contribution in [0.5, 0.6) is 0 Å². The van der Waals surface area contributed by atoms with Crippen LogP contribution in [0.1, 0.15) is 30.5 Å². The average molecular weight is 324 g/mol. The number of carbonyl (C=O) groups is 2. The van der Waals surface area contributed by atoms with E-state index in [0.29, 0.717) is 0 Å². The molecule has 0 radical (unpaired) electrons. The number of nitrogens with zero attached hydrogens (tertiary/aromatic N) is 1. The highest BCUT2D eigenvalue weighted by molar-refractivity contribution is 6.02. The number of para-hydroxylation sites is 1. The summed E-state index contributed by atoms with van der Waals surface area (Å²) in [6.07, 6.45) is 0.938. The Morgan fingerprint density at radius 2 is 1.58 bits per heavy atom. The minimum absolute atomic E-state index is 0.00538. The molecule has 2 rings (SSSR count). The van der Waals surface area contributed by atoms with Crippen LogP contribution >= 0.6 is 0 Å². The summed E-state index contributed by atoms with van der Waals surface area (Å²) in [4.78, 5) is 25.9. The van der Waals surface area contributed by atoms with Crippen LogP contribution in [-0.4, -0.2) is 18.4 Å². The zero-order valence-corrected chi connectivity index (χ0v) is 14.7. The molecule has 0 saturated heterocycles. The van der Waals surface area contributed by atoms with Gasteiger partial charge >= 0.3 is 0 Å². The van der Waals surface area contributed by atoms with Gasteiger partial charge < -0.3 is 10.2 Å². The summed E-state index contributed by atoms with van der Waals surface area (Å²) in [5.74, 6) is -0.363. The molecule has 0 aromatic heterocycles. The van der Waals surface area contributed by atoms with Crippen molar-refractivity contribution in [3.05, 3.63) is 59.2 Å². The molecule has 0 saturated carbocycles. The molecule has 0 bridgehead atoms. The molecular formula is C20H24N2O2. The van der Waals surface area contributed by atoms with Gasteiger partial charge in [-0.05, 0) is 49.1 Å². The maximum atomic E-state index is 12.4. The van der Waals surface area contributed by atoms with Gasteiger partial charge in [0, 0.05) is 18.3 Å². The fourth-order valence-corrected chi connectivity index (χ4v) is 2.63. The third-order valence-electron chi connectivity index (χ3n) is 4.08. The van der Waals surface area contributed by atoms with Crippen LogP contribution in [0.15, 0.2) is 42.5 Å². The zero-order valence-electron chi connectivity index (χ0n) is 14.7. The third-order valence-corrected chi connectivity index (χ3v) is 4.08. The molecule has 0 aliphatic rings. The molecule has 0 spiro atoms. The standard InChI is InChI=1S/C20H24N2O2/c1-5-17-9-11-18(12-10-17)22(16(4)23)13-19(24)21-20-14(2)7-6-8-15(20)3/h6-12H,5,13H2,1-4H3,(H,21,24). The fraction of sp³-hybridized carbons (Fsp3) is 0.300. The number of aryl methyl sites for hydroxylation is 3. The Morgan fingerprint density at radius 1 is 1.00 bits per heavy atom. The van der Waals surface area contributed by atoms with Gasteiger partial charge in [0.1, 0.15) is 6.54 Å². The second kappa shape index (κ2) is 7.77. The summed E-state index contributed by atoms with van der Waals surface area (Å²) in [6.45, 7) is 7.45. The minimum atomic E-state index is -0.206. The molecule has 0 atom stereocenters. The smallest absolute Gasteiger partial charge is 0.244 e. The van der Waals surface area contributed by atoms with Crippen molar-refractivity contribution >= 4 is 23.2 Å². The summed E-state index contributed by atoms with van der Waals surface area (Å²) in [7, 11) is 0. The molecule has 126 valence electrons. The monoisotopic (exact) mass is 324 g/mol. The van der Waals surface area contributed by atoms with Crippen molar-refractivity contribution in [3.8, 4) is 0 Å². The first-order valence-corrected chi connectivity index (χ1v) is 8.15. The molecule has 2 aromatic carbocycles. The van der Waals surface area contributed by atoms with Gasteiger partial charge in [0.05, 0.1) is 0 Å². The Hall–Kier alpha value is -2.62. The van der Waals surface area contributed by atoms with Gasteiger partial charge in [0.15, 0.2) is 0 Å². The van der Waals surface area contributed by atoms with Gasteiger partial charge in [-0.3, -0.25) is 9.59 Å². The molecule has 2 amide bonds. The quantitative estimate of drug-likeness (QED) is 0.908. The van der Waals surface area contributed by atoms with Crippen molar-refractivity contribution in [1.29, 1.82) is 0 Å². The highest BCUT2D eigenvalue weighted by Gasteiger charge is 2.17. The second-order valence-corrected chi connectivity index (χ2v) is 5.94. The van der Waals surface area contributed by atoms with Gasteiger partial charge in [0.25, 0.3) is 0 Å². The lowest BCUT2D eigenvalue weighted by Gasteiger charge is -2.21. The van der Waals surface area contributed by atoms with E-state index in [1.807, 2.05) is 56.3 Å². The summed E-state index contributed by atoms with van der Waals surface area (Å²) in [5.41, 5.74) is 4.75. The Labute approximate surface area is 143 Å². The van der Waals surface area contributed by atoms with E-state index in [-0.39, 0.29) is 18.4 Å². The lowest BCUT2D eigenvalue weighted by Crippen LogP contribution is -2.36. The molecule has 1 N–H and O–H groups in total. The lowest BCUT2D eigenvalue weighted by molar-refractivity contribution is -0.120. The molecule has 2 aromatic rings. The van der Waals surface area contributed by atoms with Crippen molar-refractivity contribution in [1.82, 2.24) is 0 Å². The molecular weight excluding hydrogens is 300 g/mol. The fourth-order valence-electron chi connectivity index (χ4n) is 2.63. The minimum Gasteiger partial charge on any atom is -0.324 e. The maximum Gasteiger partial charge on any atom is 0.244 e. The SMILES string of the molecule is CCc1ccc(N(CC(=O)Nc2c(C)cccc2C)C(C)=O)cc1. The Morgan fingerprint density at radius 3 is 2.08 bits per heavy atom. The molecule has 4 heteroatoms. The van der Waals surface area contributed by atoms with Crippen LogP contribution < -0.4 is 10.2 Å². The lowest BCUT2D eigenvalue weighted by atomic mass is 10.1. The summed E-state index contributed by atoms with van der Waals surface area (Å²) >= 11 is 0. The van der Waals surface area contributed by atoms with Gasteiger partial charge in [-0.25, -0.2) is 0 Å².